The number of nitrogens with one attached hydrogen (secondary N) is 1. The molecule has 0 aliphatic heterocycles. The monoisotopic (exact) mass is 297 g/mol. The minimum Gasteiger partial charge on any atom is -0.313 e. The summed E-state index contributed by atoms with van der Waals surface area (Å²) in [5.41, 5.74) is 2.12. The molecule has 2 rings (SSSR count). The van der Waals surface area contributed by atoms with Crippen molar-refractivity contribution >= 4 is 23.2 Å². The number of hydrogen-bond donors (Lipinski definition) is 1. The van der Waals surface area contributed by atoms with Gasteiger partial charge < -0.3 is 5.32 Å². The number of benzene rings is 2. The molecule has 0 radical (unpaired) electrons. The Morgan fingerprint density at radius 1 is 1.11 bits per heavy atom. The molecule has 0 fully saturated rings. The van der Waals surface area contributed by atoms with Crippen molar-refractivity contribution in [1.82, 2.24) is 5.32 Å². The van der Waals surface area contributed by atoms with Gasteiger partial charge in [-0.05, 0) is 48.9 Å². The van der Waals surface area contributed by atoms with Crippen molar-refractivity contribution in [2.75, 3.05) is 7.05 Å². The van der Waals surface area contributed by atoms with Gasteiger partial charge in [0.25, 0.3) is 0 Å². The highest BCUT2D eigenvalue weighted by Gasteiger charge is 2.11. The van der Waals surface area contributed by atoms with Crippen LogP contribution in [0.1, 0.15) is 17.2 Å². The first-order valence-corrected chi connectivity index (χ1v) is 6.72. The van der Waals surface area contributed by atoms with Crippen molar-refractivity contribution in [2.24, 2.45) is 0 Å². The van der Waals surface area contributed by atoms with Crippen LogP contribution in [0.15, 0.2) is 42.5 Å². The first-order chi connectivity index (χ1) is 9.10. The maximum atomic E-state index is 13.1. The second-order valence-electron chi connectivity index (χ2n) is 4.35. The minimum absolute atomic E-state index is 0.138. The molecule has 1 N–H and O–H groups in total. The zero-order chi connectivity index (χ0) is 13.8. The van der Waals surface area contributed by atoms with Gasteiger partial charge in [0.1, 0.15) is 5.82 Å². The number of halogens is 3. The molecule has 2 aromatic rings. The third-order valence-electron chi connectivity index (χ3n) is 3.04. The molecule has 0 aromatic heterocycles. The van der Waals surface area contributed by atoms with Gasteiger partial charge >= 0.3 is 0 Å². The molecule has 0 aliphatic rings. The van der Waals surface area contributed by atoms with E-state index < -0.39 is 5.82 Å². The molecule has 0 saturated heterocycles. The van der Waals surface area contributed by atoms with Crippen LogP contribution in [0.2, 0.25) is 10.0 Å². The first-order valence-electron chi connectivity index (χ1n) is 5.97. The lowest BCUT2D eigenvalue weighted by Crippen LogP contribution is -2.18. The topological polar surface area (TPSA) is 12.0 Å². The summed E-state index contributed by atoms with van der Waals surface area (Å²) in [5, 5.41) is 4.11. The highest BCUT2D eigenvalue weighted by molar-refractivity contribution is 6.31. The predicted octanol–water partition coefficient (Wildman–Crippen LogP) is 4.64. The molecule has 0 amide bonds. The smallest absolute Gasteiger partial charge is 0.141 e. The fourth-order valence-corrected chi connectivity index (χ4v) is 2.31. The van der Waals surface area contributed by atoms with Crippen molar-refractivity contribution in [2.45, 2.75) is 12.5 Å². The second kappa shape index (κ2) is 6.38. The maximum absolute atomic E-state index is 13.1. The number of likely N-dealkylation sites (N-methyl/N-ethyl adjacent to an activating group) is 1. The van der Waals surface area contributed by atoms with Crippen molar-refractivity contribution < 1.29 is 4.39 Å². The highest BCUT2D eigenvalue weighted by Crippen LogP contribution is 2.23. The van der Waals surface area contributed by atoms with Crippen LogP contribution >= 0.6 is 23.2 Å². The molecule has 19 heavy (non-hydrogen) atoms. The molecule has 100 valence electrons. The highest BCUT2D eigenvalue weighted by atomic mass is 35.5. The molecular formula is C15H14Cl2FN. The molecule has 0 bridgehead atoms. The summed E-state index contributed by atoms with van der Waals surface area (Å²) in [4.78, 5) is 0. The third-order valence-corrected chi connectivity index (χ3v) is 3.59. The van der Waals surface area contributed by atoms with E-state index >= 15 is 0 Å². The van der Waals surface area contributed by atoms with Crippen LogP contribution < -0.4 is 5.32 Å². The van der Waals surface area contributed by atoms with Crippen molar-refractivity contribution in [3.63, 3.8) is 0 Å². The normalized spacial score (nSPS) is 12.4. The second-order valence-corrected chi connectivity index (χ2v) is 5.19. The molecule has 1 nitrogen and oxygen atoms in total. The Labute approximate surface area is 122 Å². The standard InChI is InChI=1S/C15H14Cl2FN/c1-19-15(11-3-5-12(16)6-4-11)9-10-2-7-14(18)13(17)8-10/h2-8,15,19H,9H2,1H3. The van der Waals surface area contributed by atoms with E-state index in [1.807, 2.05) is 31.3 Å². The van der Waals surface area contributed by atoms with E-state index in [1.54, 1.807) is 12.1 Å². The van der Waals surface area contributed by atoms with E-state index in [0.717, 1.165) is 17.5 Å². The zero-order valence-electron chi connectivity index (χ0n) is 10.5. The van der Waals surface area contributed by atoms with Gasteiger partial charge in [0.15, 0.2) is 0 Å². The molecule has 0 aliphatic carbocycles. The Kier molecular flexibility index (Phi) is 4.81. The first kappa shape index (κ1) is 14.3. The van der Waals surface area contributed by atoms with Gasteiger partial charge in [-0.25, -0.2) is 4.39 Å². The minimum atomic E-state index is -0.391. The van der Waals surface area contributed by atoms with Crippen LogP contribution in [0.25, 0.3) is 0 Å². The molecular weight excluding hydrogens is 284 g/mol. The Balaban J connectivity index is 2.18. The predicted molar refractivity (Wildman–Crippen MR) is 78.4 cm³/mol. The van der Waals surface area contributed by atoms with E-state index in [2.05, 4.69) is 5.32 Å². The van der Waals surface area contributed by atoms with Gasteiger partial charge in [-0.1, -0.05) is 41.4 Å². The van der Waals surface area contributed by atoms with Crippen LogP contribution in [-0.2, 0) is 6.42 Å². The van der Waals surface area contributed by atoms with Gasteiger partial charge in [0, 0.05) is 11.1 Å². The Morgan fingerprint density at radius 3 is 2.37 bits per heavy atom. The summed E-state index contributed by atoms with van der Waals surface area (Å²) in [5.74, 6) is -0.391. The Bertz CT molecular complexity index is 555. The van der Waals surface area contributed by atoms with Crippen LogP contribution in [-0.4, -0.2) is 7.05 Å². The molecule has 0 heterocycles. The summed E-state index contributed by atoms with van der Waals surface area (Å²) in [6.45, 7) is 0. The Morgan fingerprint density at radius 2 is 1.79 bits per heavy atom. The molecule has 0 spiro atoms. The van der Waals surface area contributed by atoms with Gasteiger partial charge in [-0.2, -0.15) is 0 Å². The van der Waals surface area contributed by atoms with Crippen molar-refractivity contribution in [3.05, 3.63) is 69.5 Å². The van der Waals surface area contributed by atoms with Gasteiger partial charge in [-0.15, -0.1) is 0 Å². The molecule has 2 aromatic carbocycles. The van der Waals surface area contributed by atoms with Gasteiger partial charge in [-0.3, -0.25) is 0 Å². The Hall–Kier alpha value is -1.09. The molecule has 1 unspecified atom stereocenters. The van der Waals surface area contributed by atoms with E-state index in [4.69, 9.17) is 23.2 Å². The average molecular weight is 298 g/mol. The quantitative estimate of drug-likeness (QED) is 0.867. The van der Waals surface area contributed by atoms with E-state index in [1.165, 1.54) is 6.07 Å². The van der Waals surface area contributed by atoms with Crippen molar-refractivity contribution in [3.8, 4) is 0 Å². The maximum Gasteiger partial charge on any atom is 0.141 e. The van der Waals surface area contributed by atoms with Crippen LogP contribution in [0.5, 0.6) is 0 Å². The van der Waals surface area contributed by atoms with E-state index in [0.29, 0.717) is 5.02 Å². The molecule has 4 heteroatoms. The third kappa shape index (κ3) is 3.69. The van der Waals surface area contributed by atoms with Crippen LogP contribution in [0.3, 0.4) is 0 Å². The summed E-state index contributed by atoms with van der Waals surface area (Å²) >= 11 is 11.7. The molecule has 0 saturated carbocycles. The molecule has 1 atom stereocenters. The average Bonchev–Trinajstić information content (AvgIpc) is 2.41. The number of rotatable bonds is 4. The lowest BCUT2D eigenvalue weighted by Gasteiger charge is -2.17. The summed E-state index contributed by atoms with van der Waals surface area (Å²) in [7, 11) is 1.89. The van der Waals surface area contributed by atoms with E-state index in [-0.39, 0.29) is 11.1 Å². The number of hydrogen-bond acceptors (Lipinski definition) is 1. The zero-order valence-corrected chi connectivity index (χ0v) is 12.0. The fraction of sp³-hybridized carbons (Fsp3) is 0.200. The van der Waals surface area contributed by atoms with E-state index in [9.17, 15) is 4.39 Å². The lowest BCUT2D eigenvalue weighted by molar-refractivity contribution is 0.589. The fourth-order valence-electron chi connectivity index (χ4n) is 1.98. The van der Waals surface area contributed by atoms with Crippen LogP contribution in [0.4, 0.5) is 4.39 Å². The largest absolute Gasteiger partial charge is 0.313 e. The van der Waals surface area contributed by atoms with Crippen LogP contribution in [0, 0.1) is 5.82 Å². The SMILES string of the molecule is CNC(Cc1ccc(F)c(Cl)c1)c1ccc(Cl)cc1. The summed E-state index contributed by atoms with van der Waals surface area (Å²) < 4.78 is 13.1. The summed E-state index contributed by atoms with van der Waals surface area (Å²) in [6.07, 6.45) is 0.734. The van der Waals surface area contributed by atoms with Crippen molar-refractivity contribution in [1.29, 1.82) is 0 Å². The van der Waals surface area contributed by atoms with Gasteiger partial charge in [0.2, 0.25) is 0 Å². The van der Waals surface area contributed by atoms with Gasteiger partial charge in [0.05, 0.1) is 5.02 Å². The summed E-state index contributed by atoms with van der Waals surface area (Å²) in [6, 6.07) is 12.6. The lowest BCUT2D eigenvalue weighted by atomic mass is 9.99.